The lowest BCUT2D eigenvalue weighted by Gasteiger charge is -2.15. The molecule has 0 bridgehead atoms. The number of nitrogens with one attached hydrogen (secondary N) is 1. The Balaban J connectivity index is 1.44. The van der Waals surface area contributed by atoms with Crippen molar-refractivity contribution in [1.82, 2.24) is 9.88 Å². The van der Waals surface area contributed by atoms with E-state index >= 15 is 0 Å². The Hall–Kier alpha value is -3.21. The number of imide groups is 1. The lowest BCUT2D eigenvalue weighted by atomic mass is 10.1. The van der Waals surface area contributed by atoms with Crippen LogP contribution in [0.4, 0.5) is 5.69 Å². The summed E-state index contributed by atoms with van der Waals surface area (Å²) in [6.07, 6.45) is 1.76. The lowest BCUT2D eigenvalue weighted by Crippen LogP contribution is -2.34. The van der Waals surface area contributed by atoms with Crippen LogP contribution in [0, 0.1) is 0 Å². The molecular formula is C19H15N3O2. The van der Waals surface area contributed by atoms with E-state index in [2.05, 4.69) is 10.3 Å². The van der Waals surface area contributed by atoms with Crippen LogP contribution in [0.1, 0.15) is 20.7 Å². The molecule has 5 nitrogen and oxygen atoms in total. The molecular weight excluding hydrogens is 302 g/mol. The summed E-state index contributed by atoms with van der Waals surface area (Å²) in [5, 5.41) is 4.30. The predicted molar refractivity (Wildman–Crippen MR) is 92.0 cm³/mol. The largest absolute Gasteiger partial charge is 0.383 e. The number of hydrogen-bond donors (Lipinski definition) is 1. The zero-order valence-corrected chi connectivity index (χ0v) is 12.9. The molecule has 5 heteroatoms. The van der Waals surface area contributed by atoms with Gasteiger partial charge >= 0.3 is 0 Å². The second kappa shape index (κ2) is 5.77. The first-order valence-corrected chi connectivity index (χ1v) is 7.78. The summed E-state index contributed by atoms with van der Waals surface area (Å²) >= 11 is 0. The summed E-state index contributed by atoms with van der Waals surface area (Å²) in [6.45, 7) is 0.828. The van der Waals surface area contributed by atoms with E-state index in [-0.39, 0.29) is 11.8 Å². The summed E-state index contributed by atoms with van der Waals surface area (Å²) in [5.74, 6) is -0.444. The molecule has 1 aliphatic rings. The predicted octanol–water partition coefficient (Wildman–Crippen LogP) is 2.94. The van der Waals surface area contributed by atoms with Crippen LogP contribution in [0.15, 0.2) is 60.8 Å². The monoisotopic (exact) mass is 317 g/mol. The molecule has 3 aromatic rings. The Labute approximate surface area is 138 Å². The number of rotatable bonds is 4. The third kappa shape index (κ3) is 2.40. The van der Waals surface area contributed by atoms with Crippen molar-refractivity contribution in [2.45, 2.75) is 0 Å². The van der Waals surface area contributed by atoms with E-state index in [9.17, 15) is 9.59 Å². The molecule has 118 valence electrons. The molecule has 4 rings (SSSR count). The summed E-state index contributed by atoms with van der Waals surface area (Å²) in [5.41, 5.74) is 2.84. The molecule has 0 atom stereocenters. The van der Waals surface area contributed by atoms with Crippen LogP contribution in [0.25, 0.3) is 10.9 Å². The van der Waals surface area contributed by atoms with Crippen LogP contribution in [-0.2, 0) is 0 Å². The minimum absolute atomic E-state index is 0.222. The van der Waals surface area contributed by atoms with Crippen molar-refractivity contribution < 1.29 is 9.59 Å². The van der Waals surface area contributed by atoms with Crippen molar-refractivity contribution >= 4 is 28.4 Å². The summed E-state index contributed by atoms with van der Waals surface area (Å²) in [6, 6.07) is 16.7. The van der Waals surface area contributed by atoms with Crippen LogP contribution in [-0.4, -0.2) is 34.8 Å². The van der Waals surface area contributed by atoms with Gasteiger partial charge in [0, 0.05) is 30.4 Å². The van der Waals surface area contributed by atoms with Crippen LogP contribution in [0.2, 0.25) is 0 Å². The molecule has 0 saturated carbocycles. The molecule has 2 aromatic carbocycles. The molecule has 0 fully saturated rings. The number of aromatic nitrogens is 1. The molecule has 0 radical (unpaired) electrons. The number of anilines is 1. The van der Waals surface area contributed by atoms with Crippen LogP contribution in [0.3, 0.4) is 0 Å². The number of carbonyl (C=O) groups excluding carboxylic acids is 2. The number of hydrogen-bond acceptors (Lipinski definition) is 4. The van der Waals surface area contributed by atoms with Gasteiger partial charge in [-0.2, -0.15) is 0 Å². The van der Waals surface area contributed by atoms with Crippen LogP contribution in [0.5, 0.6) is 0 Å². The van der Waals surface area contributed by atoms with Crippen molar-refractivity contribution in [2.24, 2.45) is 0 Å². The van der Waals surface area contributed by atoms with Gasteiger partial charge in [-0.1, -0.05) is 18.2 Å². The molecule has 1 aliphatic heterocycles. The average molecular weight is 317 g/mol. The van der Waals surface area contributed by atoms with Crippen molar-refractivity contribution in [2.75, 3.05) is 18.4 Å². The lowest BCUT2D eigenvalue weighted by molar-refractivity contribution is 0.0660. The van der Waals surface area contributed by atoms with Gasteiger partial charge in [0.05, 0.1) is 16.6 Å². The second-order valence-corrected chi connectivity index (χ2v) is 5.65. The maximum absolute atomic E-state index is 12.3. The highest BCUT2D eigenvalue weighted by molar-refractivity contribution is 6.21. The number of amides is 2. The van der Waals surface area contributed by atoms with Gasteiger partial charge in [-0.25, -0.2) is 0 Å². The van der Waals surface area contributed by atoms with E-state index < -0.39 is 0 Å². The van der Waals surface area contributed by atoms with Gasteiger partial charge in [0.2, 0.25) is 0 Å². The molecule has 0 saturated heterocycles. The summed E-state index contributed by atoms with van der Waals surface area (Å²) in [4.78, 5) is 30.2. The second-order valence-electron chi connectivity index (χ2n) is 5.65. The average Bonchev–Trinajstić information content (AvgIpc) is 2.87. The fraction of sp³-hybridized carbons (Fsp3) is 0.105. The quantitative estimate of drug-likeness (QED) is 0.752. The molecule has 0 aliphatic carbocycles. The first kappa shape index (κ1) is 14.4. The molecule has 1 N–H and O–H groups in total. The molecule has 0 unspecified atom stereocenters. The zero-order chi connectivity index (χ0) is 16.5. The van der Waals surface area contributed by atoms with Crippen molar-refractivity contribution in [1.29, 1.82) is 0 Å². The first-order chi connectivity index (χ1) is 11.7. The van der Waals surface area contributed by atoms with Gasteiger partial charge in [-0.3, -0.25) is 19.5 Å². The Bertz CT molecular complexity index is 917. The smallest absolute Gasteiger partial charge is 0.261 e. The molecule has 24 heavy (non-hydrogen) atoms. The maximum Gasteiger partial charge on any atom is 0.261 e. The van der Waals surface area contributed by atoms with Crippen LogP contribution < -0.4 is 5.32 Å². The number of nitrogens with zero attached hydrogens (tertiary/aromatic N) is 2. The highest BCUT2D eigenvalue weighted by atomic mass is 16.2. The Morgan fingerprint density at radius 3 is 2.42 bits per heavy atom. The summed E-state index contributed by atoms with van der Waals surface area (Å²) in [7, 11) is 0. The fourth-order valence-corrected chi connectivity index (χ4v) is 2.94. The molecule has 2 heterocycles. The van der Waals surface area contributed by atoms with Gasteiger partial charge in [0.15, 0.2) is 0 Å². The zero-order valence-electron chi connectivity index (χ0n) is 12.9. The van der Waals surface area contributed by atoms with Crippen molar-refractivity contribution in [3.8, 4) is 0 Å². The SMILES string of the molecule is O=C1c2ccccc2C(=O)N1CCNc1ccc2ncccc2c1. The van der Waals surface area contributed by atoms with Gasteiger partial charge in [-0.05, 0) is 36.4 Å². The summed E-state index contributed by atoms with van der Waals surface area (Å²) < 4.78 is 0. The highest BCUT2D eigenvalue weighted by Gasteiger charge is 2.34. The Morgan fingerprint density at radius 2 is 1.67 bits per heavy atom. The standard InChI is InChI=1S/C19H15N3O2/c23-18-15-5-1-2-6-16(15)19(24)22(18)11-10-20-14-7-8-17-13(12-14)4-3-9-21-17/h1-9,12,20H,10-11H2. The number of fused-ring (bicyclic) bond motifs is 2. The van der Waals surface area contributed by atoms with E-state index in [1.807, 2.05) is 30.3 Å². The van der Waals surface area contributed by atoms with E-state index in [1.165, 1.54) is 4.90 Å². The Morgan fingerprint density at radius 1 is 0.917 bits per heavy atom. The van der Waals surface area contributed by atoms with Gasteiger partial charge in [0.1, 0.15) is 0 Å². The van der Waals surface area contributed by atoms with Crippen molar-refractivity contribution in [3.63, 3.8) is 0 Å². The molecule has 0 spiro atoms. The topological polar surface area (TPSA) is 62.3 Å². The number of carbonyl (C=O) groups is 2. The van der Waals surface area contributed by atoms with E-state index in [0.29, 0.717) is 24.2 Å². The molecule has 2 amide bonds. The maximum atomic E-state index is 12.3. The van der Waals surface area contributed by atoms with Gasteiger partial charge in [-0.15, -0.1) is 0 Å². The number of benzene rings is 2. The number of pyridine rings is 1. The highest BCUT2D eigenvalue weighted by Crippen LogP contribution is 2.22. The third-order valence-electron chi connectivity index (χ3n) is 4.15. The van der Waals surface area contributed by atoms with E-state index in [0.717, 1.165) is 16.6 Å². The third-order valence-corrected chi connectivity index (χ3v) is 4.15. The first-order valence-electron chi connectivity index (χ1n) is 7.78. The minimum atomic E-state index is -0.222. The molecule has 1 aromatic heterocycles. The van der Waals surface area contributed by atoms with Crippen LogP contribution >= 0.6 is 0 Å². The fourth-order valence-electron chi connectivity index (χ4n) is 2.94. The van der Waals surface area contributed by atoms with E-state index in [1.54, 1.807) is 30.5 Å². The normalized spacial score (nSPS) is 13.4. The van der Waals surface area contributed by atoms with Crippen molar-refractivity contribution in [3.05, 3.63) is 71.9 Å². The van der Waals surface area contributed by atoms with Gasteiger partial charge < -0.3 is 5.32 Å². The Kier molecular flexibility index (Phi) is 3.46. The van der Waals surface area contributed by atoms with E-state index in [4.69, 9.17) is 0 Å². The minimum Gasteiger partial charge on any atom is -0.383 e. The van der Waals surface area contributed by atoms with Gasteiger partial charge in [0.25, 0.3) is 11.8 Å².